The summed E-state index contributed by atoms with van der Waals surface area (Å²) in [6, 6.07) is 10.8. The Bertz CT molecular complexity index is 1060. The topological polar surface area (TPSA) is 132 Å². The largest absolute Gasteiger partial charge is 0.486 e. The van der Waals surface area contributed by atoms with Gasteiger partial charge in [-0.2, -0.15) is 0 Å². The average Bonchev–Trinajstić information content (AvgIpc) is 3.06. The molecule has 2 aliphatic heterocycles. The van der Waals surface area contributed by atoms with Crippen molar-refractivity contribution in [2.75, 3.05) is 18.5 Å². The minimum atomic E-state index is -0.653. The van der Waals surface area contributed by atoms with Crippen LogP contribution in [-0.2, 0) is 9.59 Å². The maximum Gasteiger partial charge on any atom is 0.271 e. The van der Waals surface area contributed by atoms with Gasteiger partial charge >= 0.3 is 0 Å². The molecule has 0 saturated carbocycles. The Kier molecular flexibility index (Phi) is 5.53. The number of benzene rings is 2. The van der Waals surface area contributed by atoms with Crippen molar-refractivity contribution in [3.05, 3.63) is 52.6 Å². The summed E-state index contributed by atoms with van der Waals surface area (Å²) in [5, 5.41) is 15.8. The van der Waals surface area contributed by atoms with Crippen LogP contribution in [0.4, 0.5) is 17.1 Å². The minimum absolute atomic E-state index is 0.0979. The molecule has 2 N–H and O–H groups in total. The first kappa shape index (κ1) is 19.7. The molecule has 0 bridgehead atoms. The molecule has 2 amide bonds. The molecule has 0 spiro atoms. The number of carbonyl (C=O) groups excluding carboxylic acids is 2. The second kappa shape index (κ2) is 8.41. The lowest BCUT2D eigenvalue weighted by Crippen LogP contribution is -2.28. The van der Waals surface area contributed by atoms with Gasteiger partial charge in [0.1, 0.15) is 18.5 Å². The lowest BCUT2D eigenvalue weighted by Gasteiger charge is -2.18. The van der Waals surface area contributed by atoms with Crippen LogP contribution in [-0.4, -0.2) is 40.4 Å². The van der Waals surface area contributed by atoms with Gasteiger partial charge < -0.3 is 20.1 Å². The number of rotatable bonds is 5. The molecule has 0 radical (unpaired) electrons. The molecule has 1 atom stereocenters. The second-order valence-corrected chi connectivity index (χ2v) is 7.59. The first-order chi connectivity index (χ1) is 14.5. The van der Waals surface area contributed by atoms with E-state index in [-0.39, 0.29) is 18.0 Å². The normalized spacial score (nSPS) is 18.7. The van der Waals surface area contributed by atoms with Gasteiger partial charge in [0.05, 0.1) is 10.6 Å². The smallest absolute Gasteiger partial charge is 0.271 e. The minimum Gasteiger partial charge on any atom is -0.486 e. The number of hydrogen-bond acceptors (Lipinski definition) is 8. The number of carbonyl (C=O) groups is 2. The third-order valence-electron chi connectivity index (χ3n) is 4.24. The SMILES string of the molecule is O=C(C[C@@H]1SC(=Nc2ccc3c(c2)OCCO3)NC1=O)Nc1cccc([N+](=O)[O-])c1. The summed E-state index contributed by atoms with van der Waals surface area (Å²) < 4.78 is 11.0. The number of anilines is 1. The standard InChI is InChI=1S/C19H16N4O6S/c24-17(20-11-2-1-3-13(8-11)23(26)27)10-16-18(25)22-19(30-16)21-12-4-5-14-15(9-12)29-7-6-28-14/h1-5,8-9,16H,6-7,10H2,(H,20,24)(H,21,22,25)/t16-/m0/s1. The fourth-order valence-electron chi connectivity index (χ4n) is 2.89. The highest BCUT2D eigenvalue weighted by atomic mass is 32.2. The van der Waals surface area contributed by atoms with Crippen molar-refractivity contribution in [3.8, 4) is 11.5 Å². The molecular formula is C19H16N4O6S. The third kappa shape index (κ3) is 4.51. The van der Waals surface area contributed by atoms with Gasteiger partial charge in [-0.1, -0.05) is 17.8 Å². The number of hydrogen-bond donors (Lipinski definition) is 2. The highest BCUT2D eigenvalue weighted by Gasteiger charge is 2.32. The summed E-state index contributed by atoms with van der Waals surface area (Å²) in [4.78, 5) is 39.2. The van der Waals surface area contributed by atoms with E-state index in [2.05, 4.69) is 15.6 Å². The summed E-state index contributed by atoms with van der Waals surface area (Å²) in [6.45, 7) is 0.952. The van der Waals surface area contributed by atoms with Crippen molar-refractivity contribution in [2.24, 2.45) is 4.99 Å². The number of non-ortho nitro benzene ring substituents is 1. The summed E-state index contributed by atoms with van der Waals surface area (Å²) in [7, 11) is 0. The number of nitro benzene ring substituents is 1. The van der Waals surface area contributed by atoms with Crippen molar-refractivity contribution < 1.29 is 24.0 Å². The molecule has 1 saturated heterocycles. The molecular weight excluding hydrogens is 412 g/mol. The highest BCUT2D eigenvalue weighted by molar-refractivity contribution is 8.15. The van der Waals surface area contributed by atoms with E-state index in [1.165, 1.54) is 18.2 Å². The van der Waals surface area contributed by atoms with Gasteiger partial charge in [0.25, 0.3) is 5.69 Å². The predicted molar refractivity (Wildman–Crippen MR) is 110 cm³/mol. The van der Waals surface area contributed by atoms with Crippen molar-refractivity contribution in [2.45, 2.75) is 11.7 Å². The zero-order valence-corrected chi connectivity index (χ0v) is 16.3. The highest BCUT2D eigenvalue weighted by Crippen LogP contribution is 2.34. The molecule has 1 fully saturated rings. The predicted octanol–water partition coefficient (Wildman–Crippen LogP) is 2.61. The number of amides is 2. The molecule has 10 nitrogen and oxygen atoms in total. The van der Waals surface area contributed by atoms with Crippen molar-refractivity contribution in [3.63, 3.8) is 0 Å². The van der Waals surface area contributed by atoms with Gasteiger partial charge in [-0.05, 0) is 18.2 Å². The third-order valence-corrected chi connectivity index (χ3v) is 5.33. The molecule has 2 heterocycles. The second-order valence-electron chi connectivity index (χ2n) is 6.40. The van der Waals surface area contributed by atoms with Crippen LogP contribution >= 0.6 is 11.8 Å². The summed E-state index contributed by atoms with van der Waals surface area (Å²) in [6.07, 6.45) is -0.0979. The van der Waals surface area contributed by atoms with E-state index in [0.717, 1.165) is 11.8 Å². The van der Waals surface area contributed by atoms with Gasteiger partial charge in [0.2, 0.25) is 11.8 Å². The van der Waals surface area contributed by atoms with Crippen LogP contribution in [0.15, 0.2) is 47.5 Å². The Morgan fingerprint density at radius 1 is 1.23 bits per heavy atom. The van der Waals surface area contributed by atoms with Crippen LogP contribution in [0.5, 0.6) is 11.5 Å². The molecule has 11 heteroatoms. The van der Waals surface area contributed by atoms with E-state index >= 15 is 0 Å². The Morgan fingerprint density at radius 2 is 2.03 bits per heavy atom. The maximum atomic E-state index is 12.3. The van der Waals surface area contributed by atoms with Crippen LogP contribution < -0.4 is 20.1 Å². The Labute approximate surface area is 174 Å². The number of aliphatic imine (C=N–C) groups is 1. The lowest BCUT2D eigenvalue weighted by atomic mass is 10.2. The first-order valence-corrected chi connectivity index (χ1v) is 9.86. The maximum absolute atomic E-state index is 12.3. The van der Waals surface area contributed by atoms with E-state index in [0.29, 0.717) is 41.3 Å². The molecule has 0 unspecified atom stereocenters. The van der Waals surface area contributed by atoms with E-state index < -0.39 is 16.1 Å². The van der Waals surface area contributed by atoms with Gasteiger partial charge in [0, 0.05) is 30.3 Å². The van der Waals surface area contributed by atoms with Gasteiger partial charge in [-0.3, -0.25) is 19.7 Å². The van der Waals surface area contributed by atoms with E-state index in [1.807, 2.05) is 0 Å². The van der Waals surface area contributed by atoms with E-state index in [4.69, 9.17) is 9.47 Å². The zero-order valence-electron chi connectivity index (χ0n) is 15.5. The average molecular weight is 428 g/mol. The van der Waals surface area contributed by atoms with Crippen molar-refractivity contribution in [1.29, 1.82) is 0 Å². The van der Waals surface area contributed by atoms with E-state index in [1.54, 1.807) is 24.3 Å². The fraction of sp³-hybridized carbons (Fsp3) is 0.211. The fourth-order valence-corrected chi connectivity index (χ4v) is 3.88. The number of thioether (sulfide) groups is 1. The summed E-state index contributed by atoms with van der Waals surface area (Å²) in [5.41, 5.74) is 0.751. The lowest BCUT2D eigenvalue weighted by molar-refractivity contribution is -0.384. The van der Waals surface area contributed by atoms with Gasteiger partial charge in [-0.25, -0.2) is 4.99 Å². The van der Waals surface area contributed by atoms with Crippen molar-refractivity contribution in [1.82, 2.24) is 5.32 Å². The Hall–Kier alpha value is -3.60. The number of nitro groups is 1. The number of ether oxygens (including phenoxy) is 2. The van der Waals surface area contributed by atoms with Crippen LogP contribution in [0.2, 0.25) is 0 Å². The Morgan fingerprint density at radius 3 is 2.83 bits per heavy atom. The molecule has 2 aromatic rings. The van der Waals surface area contributed by atoms with Crippen LogP contribution in [0.3, 0.4) is 0 Å². The van der Waals surface area contributed by atoms with Crippen molar-refractivity contribution >= 4 is 45.8 Å². The van der Waals surface area contributed by atoms with Gasteiger partial charge in [0.15, 0.2) is 16.7 Å². The Balaban J connectivity index is 1.39. The monoisotopic (exact) mass is 428 g/mol. The molecule has 0 aliphatic carbocycles. The van der Waals surface area contributed by atoms with Gasteiger partial charge in [-0.15, -0.1) is 0 Å². The number of nitrogens with zero attached hydrogens (tertiary/aromatic N) is 2. The number of fused-ring (bicyclic) bond motifs is 1. The molecule has 154 valence electrons. The molecule has 0 aromatic heterocycles. The molecule has 30 heavy (non-hydrogen) atoms. The zero-order chi connectivity index (χ0) is 21.1. The summed E-state index contributed by atoms with van der Waals surface area (Å²) >= 11 is 1.15. The summed E-state index contributed by atoms with van der Waals surface area (Å²) in [5.74, 6) is 0.475. The molecule has 2 aromatic carbocycles. The van der Waals surface area contributed by atoms with Crippen LogP contribution in [0, 0.1) is 10.1 Å². The molecule has 4 rings (SSSR count). The van der Waals surface area contributed by atoms with Crippen LogP contribution in [0.1, 0.15) is 6.42 Å². The van der Waals surface area contributed by atoms with E-state index in [9.17, 15) is 19.7 Å². The first-order valence-electron chi connectivity index (χ1n) is 8.98. The number of nitrogens with one attached hydrogen (secondary N) is 2. The number of amidine groups is 1. The molecule has 2 aliphatic rings. The van der Waals surface area contributed by atoms with Crippen LogP contribution in [0.25, 0.3) is 0 Å². The quantitative estimate of drug-likeness (QED) is 0.552.